The summed E-state index contributed by atoms with van der Waals surface area (Å²) in [7, 11) is 3.05. The van der Waals surface area contributed by atoms with Crippen molar-refractivity contribution in [1.82, 2.24) is 10.2 Å². The molecule has 180 valence electrons. The van der Waals surface area contributed by atoms with Gasteiger partial charge in [-0.3, -0.25) is 19.3 Å². The van der Waals surface area contributed by atoms with Gasteiger partial charge in [-0.25, -0.2) is 0 Å². The van der Waals surface area contributed by atoms with Gasteiger partial charge < -0.3 is 25.0 Å². The molecule has 3 amide bonds. The zero-order valence-electron chi connectivity index (χ0n) is 19.0. The lowest BCUT2D eigenvalue weighted by atomic mass is 10.1. The fraction of sp³-hybridized carbons (Fsp3) is 0.304. The fourth-order valence-corrected chi connectivity index (χ4v) is 4.20. The molecule has 1 aliphatic rings. The molecule has 1 fully saturated rings. The van der Waals surface area contributed by atoms with Gasteiger partial charge in [0.25, 0.3) is 5.91 Å². The molecule has 0 radical (unpaired) electrons. The van der Waals surface area contributed by atoms with Crippen LogP contribution >= 0.6 is 23.8 Å². The maximum atomic E-state index is 13.4. The van der Waals surface area contributed by atoms with Crippen molar-refractivity contribution < 1.29 is 23.9 Å². The van der Waals surface area contributed by atoms with E-state index in [4.69, 9.17) is 33.3 Å². The lowest BCUT2D eigenvalue weighted by molar-refractivity contribution is -0.124. The molecule has 1 atom stereocenters. The van der Waals surface area contributed by atoms with Gasteiger partial charge in [0, 0.05) is 25.7 Å². The summed E-state index contributed by atoms with van der Waals surface area (Å²) in [6.07, 6.45) is -0.133. The van der Waals surface area contributed by atoms with Gasteiger partial charge in [-0.15, -0.1) is 0 Å². The zero-order chi connectivity index (χ0) is 24.8. The number of hydrogen-bond acceptors (Lipinski definition) is 6. The minimum absolute atomic E-state index is 0.133. The van der Waals surface area contributed by atoms with Gasteiger partial charge in [-0.1, -0.05) is 11.6 Å². The highest BCUT2D eigenvalue weighted by Gasteiger charge is 2.44. The molecule has 0 spiro atoms. The Morgan fingerprint density at radius 3 is 2.41 bits per heavy atom. The number of nitrogens with one attached hydrogen (secondary N) is 2. The summed E-state index contributed by atoms with van der Waals surface area (Å²) in [5, 5.41) is 6.02. The molecule has 9 nitrogen and oxygen atoms in total. The number of thiocarbonyl (C=S) groups is 1. The van der Waals surface area contributed by atoms with Crippen LogP contribution in [0.25, 0.3) is 0 Å². The van der Waals surface area contributed by atoms with Crippen molar-refractivity contribution in [2.45, 2.75) is 19.4 Å². The first kappa shape index (κ1) is 25.3. The van der Waals surface area contributed by atoms with Crippen molar-refractivity contribution in [3.8, 4) is 11.5 Å². The number of carbonyl (C=O) groups excluding carboxylic acids is 3. The summed E-state index contributed by atoms with van der Waals surface area (Å²) in [6, 6.07) is 10.9. The van der Waals surface area contributed by atoms with E-state index in [-0.39, 0.29) is 42.3 Å². The van der Waals surface area contributed by atoms with E-state index in [0.29, 0.717) is 27.9 Å². The number of amides is 3. The van der Waals surface area contributed by atoms with Crippen LogP contribution in [-0.4, -0.2) is 61.1 Å². The summed E-state index contributed by atoms with van der Waals surface area (Å²) in [4.78, 5) is 40.5. The number of hydrogen-bond donors (Lipinski definition) is 2. The zero-order valence-corrected chi connectivity index (χ0v) is 20.5. The van der Waals surface area contributed by atoms with Crippen molar-refractivity contribution in [2.24, 2.45) is 0 Å². The highest BCUT2D eigenvalue weighted by Crippen LogP contribution is 2.33. The van der Waals surface area contributed by atoms with Crippen LogP contribution in [0.15, 0.2) is 42.5 Å². The molecule has 1 saturated heterocycles. The molecule has 3 rings (SSSR count). The Kier molecular flexibility index (Phi) is 8.30. The Labute approximate surface area is 207 Å². The number of ether oxygens (including phenoxy) is 2. The highest BCUT2D eigenvalue weighted by molar-refractivity contribution is 7.80. The van der Waals surface area contributed by atoms with Crippen LogP contribution in [0.1, 0.15) is 13.3 Å². The van der Waals surface area contributed by atoms with E-state index >= 15 is 0 Å². The number of methoxy groups -OCH3 is 2. The summed E-state index contributed by atoms with van der Waals surface area (Å²) in [6.45, 7) is 1.92. The summed E-state index contributed by atoms with van der Waals surface area (Å²) >= 11 is 11.8. The van der Waals surface area contributed by atoms with Crippen LogP contribution in [0.4, 0.5) is 11.4 Å². The maximum absolute atomic E-state index is 13.4. The molecule has 2 N–H and O–H groups in total. The molecule has 2 aromatic rings. The fourth-order valence-electron chi connectivity index (χ4n) is 3.53. The van der Waals surface area contributed by atoms with Gasteiger partial charge in [0.15, 0.2) is 5.11 Å². The number of halogens is 1. The average Bonchev–Trinajstić information content (AvgIpc) is 3.03. The molecule has 0 aliphatic carbocycles. The molecule has 1 aliphatic heterocycles. The van der Waals surface area contributed by atoms with Crippen molar-refractivity contribution in [2.75, 3.05) is 37.5 Å². The largest absolute Gasteiger partial charge is 0.497 e. The van der Waals surface area contributed by atoms with Crippen molar-refractivity contribution in [1.29, 1.82) is 0 Å². The first-order chi connectivity index (χ1) is 16.2. The van der Waals surface area contributed by atoms with E-state index in [9.17, 15) is 14.4 Å². The second-order valence-electron chi connectivity index (χ2n) is 7.45. The third-order valence-electron chi connectivity index (χ3n) is 5.19. The molecule has 0 aromatic heterocycles. The number of carbonyl (C=O) groups is 3. The standard InChI is InChI=1S/C23H25ClN4O5S/c1-14(29)25-10-11-27-19(13-21(30)26-15-4-7-17(32-2)8-5-15)22(31)28(23(27)34)16-6-9-20(33-3)18(24)12-16/h4-9,12,19H,10-11,13H2,1-3H3,(H,25,29)(H,26,30)/t19-/m1/s1. The van der Waals surface area contributed by atoms with E-state index in [1.807, 2.05) is 0 Å². The van der Waals surface area contributed by atoms with Crippen LogP contribution in [0, 0.1) is 0 Å². The molecule has 0 saturated carbocycles. The lowest BCUT2D eigenvalue weighted by Crippen LogP contribution is -2.42. The first-order valence-corrected chi connectivity index (χ1v) is 11.2. The SMILES string of the molecule is COc1ccc(NC(=O)C[C@@H]2C(=O)N(c3ccc(OC)c(Cl)c3)C(=S)N2CCNC(C)=O)cc1. The minimum Gasteiger partial charge on any atom is -0.497 e. The van der Waals surface area contributed by atoms with Crippen molar-refractivity contribution >= 4 is 58.0 Å². The molecular formula is C23H25ClN4O5S. The first-order valence-electron chi connectivity index (χ1n) is 10.4. The summed E-state index contributed by atoms with van der Waals surface area (Å²) in [5.41, 5.74) is 1.03. The van der Waals surface area contributed by atoms with Crippen LogP contribution < -0.4 is 25.0 Å². The molecular weight excluding hydrogens is 480 g/mol. The maximum Gasteiger partial charge on any atom is 0.256 e. The average molecular weight is 505 g/mol. The quantitative estimate of drug-likeness (QED) is 0.506. The lowest BCUT2D eigenvalue weighted by Gasteiger charge is -2.24. The minimum atomic E-state index is -0.847. The van der Waals surface area contributed by atoms with Gasteiger partial charge in [0.2, 0.25) is 11.8 Å². The van der Waals surface area contributed by atoms with E-state index < -0.39 is 6.04 Å². The number of rotatable bonds is 9. The topological polar surface area (TPSA) is 100 Å². The molecule has 1 heterocycles. The van der Waals surface area contributed by atoms with Gasteiger partial charge in [0.1, 0.15) is 17.5 Å². The normalized spacial score (nSPS) is 15.4. The molecule has 34 heavy (non-hydrogen) atoms. The van der Waals surface area contributed by atoms with Gasteiger partial charge in [-0.2, -0.15) is 0 Å². The van der Waals surface area contributed by atoms with E-state index in [2.05, 4.69) is 10.6 Å². The van der Waals surface area contributed by atoms with Crippen LogP contribution in [0.2, 0.25) is 5.02 Å². The van der Waals surface area contributed by atoms with E-state index in [0.717, 1.165) is 0 Å². The number of nitrogens with zero attached hydrogens (tertiary/aromatic N) is 2. The predicted octanol–water partition coefficient (Wildman–Crippen LogP) is 2.82. The third kappa shape index (κ3) is 5.75. The second-order valence-corrected chi connectivity index (χ2v) is 8.22. The Bertz CT molecular complexity index is 1100. The smallest absolute Gasteiger partial charge is 0.256 e. The molecule has 0 bridgehead atoms. The van der Waals surface area contributed by atoms with E-state index in [1.165, 1.54) is 18.9 Å². The van der Waals surface area contributed by atoms with Crippen LogP contribution in [-0.2, 0) is 14.4 Å². The summed E-state index contributed by atoms with van der Waals surface area (Å²) in [5.74, 6) is 0.196. The Balaban J connectivity index is 1.81. The second kappa shape index (κ2) is 11.2. The van der Waals surface area contributed by atoms with Gasteiger partial charge in [0.05, 0.1) is 31.4 Å². The number of anilines is 2. The molecule has 11 heteroatoms. The molecule has 0 unspecified atom stereocenters. The van der Waals surface area contributed by atoms with Crippen LogP contribution in [0.3, 0.4) is 0 Å². The monoisotopic (exact) mass is 504 g/mol. The van der Waals surface area contributed by atoms with Crippen LogP contribution in [0.5, 0.6) is 11.5 Å². The Hall–Kier alpha value is -3.37. The predicted molar refractivity (Wildman–Crippen MR) is 134 cm³/mol. The molecule has 2 aromatic carbocycles. The van der Waals surface area contributed by atoms with Gasteiger partial charge >= 0.3 is 0 Å². The van der Waals surface area contributed by atoms with Crippen molar-refractivity contribution in [3.05, 3.63) is 47.5 Å². The Morgan fingerprint density at radius 2 is 1.82 bits per heavy atom. The summed E-state index contributed by atoms with van der Waals surface area (Å²) < 4.78 is 10.3. The number of benzene rings is 2. The Morgan fingerprint density at radius 1 is 1.12 bits per heavy atom. The van der Waals surface area contributed by atoms with E-state index in [1.54, 1.807) is 54.5 Å². The highest BCUT2D eigenvalue weighted by atomic mass is 35.5. The third-order valence-corrected chi connectivity index (χ3v) is 5.90. The van der Waals surface area contributed by atoms with Crippen molar-refractivity contribution in [3.63, 3.8) is 0 Å². The van der Waals surface area contributed by atoms with Gasteiger partial charge in [-0.05, 0) is 54.7 Å².